The Kier molecular flexibility index (Phi) is 9.50. The predicted octanol–water partition coefficient (Wildman–Crippen LogP) is 4.26. The van der Waals surface area contributed by atoms with Crippen LogP contribution in [-0.4, -0.2) is 73.6 Å². The molecular formula is C27H32F3N5O5. The van der Waals surface area contributed by atoms with Gasteiger partial charge in [0.25, 0.3) is 0 Å². The number of rotatable bonds is 10. The third-order valence-electron chi connectivity index (χ3n) is 6.35. The number of carbonyl (C=O) groups excluding carboxylic acids is 1. The van der Waals surface area contributed by atoms with Gasteiger partial charge in [-0.2, -0.15) is 0 Å². The molecule has 10 nitrogen and oxygen atoms in total. The van der Waals surface area contributed by atoms with Gasteiger partial charge in [-0.05, 0) is 43.8 Å². The van der Waals surface area contributed by atoms with E-state index in [1.807, 2.05) is 37.4 Å². The fraction of sp³-hybridized carbons (Fsp3) is 0.407. The maximum atomic E-state index is 13.0. The van der Waals surface area contributed by atoms with Crippen molar-refractivity contribution in [2.45, 2.75) is 32.5 Å². The fourth-order valence-electron chi connectivity index (χ4n) is 4.18. The number of halogens is 3. The van der Waals surface area contributed by atoms with E-state index in [9.17, 15) is 18.0 Å². The Morgan fingerprint density at radius 1 is 1.20 bits per heavy atom. The molecule has 3 aromatic rings. The van der Waals surface area contributed by atoms with Crippen LogP contribution in [0.5, 0.6) is 11.6 Å². The standard InChI is InChI=1S/C27H32F3N5O5/c1-18-24(32-26(36)31-14-20-13-19(15-37-3)9-10-23(20)40-27(28,29)30)35(21-7-5-4-6-8-21)33-25(18)39-17-22-16-38-12-11-34(22)2/h4-10,13,22H,11-12,14-17H2,1-3H3,(H2,31,32,36). The molecule has 216 valence electrons. The number of likely N-dealkylation sites (N-methyl/N-ethyl adjacent to an activating group) is 1. The quantitative estimate of drug-likeness (QED) is 0.381. The van der Waals surface area contributed by atoms with Gasteiger partial charge in [-0.1, -0.05) is 24.3 Å². The number of ether oxygens (including phenoxy) is 4. The molecule has 2 N–H and O–H groups in total. The third-order valence-corrected chi connectivity index (χ3v) is 6.35. The van der Waals surface area contributed by atoms with Crippen molar-refractivity contribution in [1.29, 1.82) is 0 Å². The Bertz CT molecular complexity index is 1290. The van der Waals surface area contributed by atoms with Gasteiger partial charge < -0.3 is 24.3 Å². The Morgan fingerprint density at radius 2 is 1.98 bits per heavy atom. The van der Waals surface area contributed by atoms with Crippen molar-refractivity contribution < 1.29 is 36.9 Å². The summed E-state index contributed by atoms with van der Waals surface area (Å²) in [5.74, 6) is 0.281. The average molecular weight is 564 g/mol. The molecule has 1 saturated heterocycles. The van der Waals surface area contributed by atoms with Crippen molar-refractivity contribution in [2.24, 2.45) is 0 Å². The number of hydrogen-bond donors (Lipinski definition) is 2. The van der Waals surface area contributed by atoms with Crippen LogP contribution in [0, 0.1) is 6.92 Å². The minimum Gasteiger partial charge on any atom is -0.475 e. The highest BCUT2D eigenvalue weighted by Crippen LogP contribution is 2.30. The van der Waals surface area contributed by atoms with E-state index in [1.54, 1.807) is 11.6 Å². The lowest BCUT2D eigenvalue weighted by molar-refractivity contribution is -0.274. The number of nitrogens with zero attached hydrogens (tertiary/aromatic N) is 3. The van der Waals surface area contributed by atoms with Gasteiger partial charge in [0.2, 0.25) is 5.88 Å². The number of morpholine rings is 1. The molecule has 40 heavy (non-hydrogen) atoms. The molecule has 0 spiro atoms. The lowest BCUT2D eigenvalue weighted by Crippen LogP contribution is -2.46. The summed E-state index contributed by atoms with van der Waals surface area (Å²) in [6, 6.07) is 12.7. The fourth-order valence-corrected chi connectivity index (χ4v) is 4.18. The number of alkyl halides is 3. The summed E-state index contributed by atoms with van der Waals surface area (Å²) in [7, 11) is 3.47. The minimum absolute atomic E-state index is 0.0525. The van der Waals surface area contributed by atoms with Crippen LogP contribution in [0.25, 0.3) is 5.69 Å². The number of hydrogen-bond acceptors (Lipinski definition) is 7. The molecule has 1 unspecified atom stereocenters. The monoisotopic (exact) mass is 563 g/mol. The summed E-state index contributed by atoms with van der Waals surface area (Å²) in [6.07, 6.45) is -4.88. The second-order valence-electron chi connectivity index (χ2n) is 9.28. The van der Waals surface area contributed by atoms with Crippen LogP contribution in [0.15, 0.2) is 48.5 Å². The minimum atomic E-state index is -4.88. The van der Waals surface area contributed by atoms with Crippen LogP contribution in [0.2, 0.25) is 0 Å². The summed E-state index contributed by atoms with van der Waals surface area (Å²) in [4.78, 5) is 15.1. The maximum absolute atomic E-state index is 13.0. The van der Waals surface area contributed by atoms with Gasteiger partial charge in [0.15, 0.2) is 0 Å². The van der Waals surface area contributed by atoms with Crippen molar-refractivity contribution in [3.8, 4) is 17.3 Å². The number of nitrogens with one attached hydrogen (secondary N) is 2. The van der Waals surface area contributed by atoms with Gasteiger partial charge >= 0.3 is 12.4 Å². The number of aromatic nitrogens is 2. The number of carbonyl (C=O) groups is 1. The van der Waals surface area contributed by atoms with Crippen LogP contribution in [0.1, 0.15) is 16.7 Å². The highest BCUT2D eigenvalue weighted by atomic mass is 19.4. The van der Waals surface area contributed by atoms with E-state index in [2.05, 4.69) is 25.4 Å². The van der Waals surface area contributed by atoms with E-state index in [1.165, 1.54) is 25.3 Å². The molecular weight excluding hydrogens is 531 g/mol. The van der Waals surface area contributed by atoms with Gasteiger partial charge in [-0.15, -0.1) is 18.3 Å². The molecule has 0 saturated carbocycles. The highest BCUT2D eigenvalue weighted by Gasteiger charge is 2.32. The van der Waals surface area contributed by atoms with Crippen molar-refractivity contribution in [3.63, 3.8) is 0 Å². The molecule has 0 aliphatic carbocycles. The number of urea groups is 1. The van der Waals surface area contributed by atoms with E-state index >= 15 is 0 Å². The first-order chi connectivity index (χ1) is 19.1. The summed E-state index contributed by atoms with van der Waals surface area (Å²) < 4.78 is 61.1. The zero-order valence-electron chi connectivity index (χ0n) is 22.5. The zero-order chi connectivity index (χ0) is 28.7. The van der Waals surface area contributed by atoms with E-state index in [-0.39, 0.29) is 24.8 Å². The molecule has 2 amide bonds. The average Bonchev–Trinajstić information content (AvgIpc) is 3.22. The van der Waals surface area contributed by atoms with Gasteiger partial charge in [-0.25, -0.2) is 9.48 Å². The predicted molar refractivity (Wildman–Crippen MR) is 141 cm³/mol. The normalized spacial score (nSPS) is 16.0. The number of methoxy groups -OCH3 is 1. The van der Waals surface area contributed by atoms with E-state index in [4.69, 9.17) is 14.2 Å². The van der Waals surface area contributed by atoms with Gasteiger partial charge in [-0.3, -0.25) is 10.2 Å². The van der Waals surface area contributed by atoms with Gasteiger partial charge in [0.1, 0.15) is 18.2 Å². The van der Waals surface area contributed by atoms with Crippen molar-refractivity contribution in [3.05, 3.63) is 65.2 Å². The molecule has 0 radical (unpaired) electrons. The van der Waals surface area contributed by atoms with Gasteiger partial charge in [0, 0.05) is 25.8 Å². The lowest BCUT2D eigenvalue weighted by atomic mass is 10.1. The molecule has 1 aliphatic rings. The Balaban J connectivity index is 1.52. The zero-order valence-corrected chi connectivity index (χ0v) is 22.5. The molecule has 1 aliphatic heterocycles. The van der Waals surface area contributed by atoms with Crippen molar-refractivity contribution >= 4 is 11.8 Å². The molecule has 1 fully saturated rings. The maximum Gasteiger partial charge on any atom is 0.573 e. The third kappa shape index (κ3) is 7.64. The summed E-state index contributed by atoms with van der Waals surface area (Å²) in [6.45, 7) is 4.06. The van der Waals surface area contributed by atoms with Crippen LogP contribution in [0.4, 0.5) is 23.8 Å². The largest absolute Gasteiger partial charge is 0.573 e. The number of anilines is 1. The summed E-state index contributed by atoms with van der Waals surface area (Å²) in [5, 5.41) is 9.95. The van der Waals surface area contributed by atoms with Crippen LogP contribution in [-0.2, 0) is 22.6 Å². The molecule has 1 aromatic heterocycles. The highest BCUT2D eigenvalue weighted by molar-refractivity contribution is 5.89. The second kappa shape index (κ2) is 13.0. The topological polar surface area (TPSA) is 99.1 Å². The number of para-hydroxylation sites is 1. The van der Waals surface area contributed by atoms with Crippen molar-refractivity contribution in [1.82, 2.24) is 20.0 Å². The molecule has 2 aromatic carbocycles. The Hall–Kier alpha value is -3.81. The molecule has 4 rings (SSSR count). The first-order valence-corrected chi connectivity index (χ1v) is 12.6. The van der Waals surface area contributed by atoms with Crippen LogP contribution < -0.4 is 20.1 Å². The Morgan fingerprint density at radius 3 is 2.67 bits per heavy atom. The molecule has 2 heterocycles. The number of benzene rings is 2. The first-order valence-electron chi connectivity index (χ1n) is 12.6. The smallest absolute Gasteiger partial charge is 0.475 e. The van der Waals surface area contributed by atoms with Crippen LogP contribution in [0.3, 0.4) is 0 Å². The van der Waals surface area contributed by atoms with E-state index in [0.717, 1.165) is 6.54 Å². The van der Waals surface area contributed by atoms with E-state index < -0.39 is 18.1 Å². The molecule has 13 heteroatoms. The molecule has 0 bridgehead atoms. The van der Waals surface area contributed by atoms with Gasteiger partial charge in [0.05, 0.1) is 37.1 Å². The SMILES string of the molecule is COCc1ccc(OC(F)(F)F)c(CNC(=O)Nc2c(C)c(OCC3COCCN3C)nn2-c2ccccc2)c1. The lowest BCUT2D eigenvalue weighted by Gasteiger charge is -2.31. The Labute approximate surface area is 229 Å². The summed E-state index contributed by atoms with van der Waals surface area (Å²) >= 11 is 0. The summed E-state index contributed by atoms with van der Waals surface area (Å²) in [5.41, 5.74) is 2.03. The first kappa shape index (κ1) is 29.2. The molecule has 1 atom stereocenters. The number of amides is 2. The second-order valence-corrected chi connectivity index (χ2v) is 9.28. The van der Waals surface area contributed by atoms with Crippen molar-refractivity contribution in [2.75, 3.05) is 45.8 Å². The van der Waals surface area contributed by atoms with Crippen LogP contribution >= 0.6 is 0 Å². The van der Waals surface area contributed by atoms with E-state index in [0.29, 0.717) is 48.3 Å².